The van der Waals surface area contributed by atoms with Crippen molar-refractivity contribution < 1.29 is 43.3 Å². The largest absolute Gasteiger partial charge is 0.458 e. The van der Waals surface area contributed by atoms with Gasteiger partial charge < -0.3 is 36.6 Å². The number of nitrogens with one attached hydrogen (secondary N) is 4. The van der Waals surface area contributed by atoms with Gasteiger partial charge in [-0.3, -0.25) is 34.1 Å². The number of hydrogen-bond donors (Lipinski definition) is 5. The molecule has 0 aliphatic carbocycles. The molecule has 0 bridgehead atoms. The van der Waals surface area contributed by atoms with Crippen LogP contribution in [0.2, 0.25) is 0 Å². The van der Waals surface area contributed by atoms with Gasteiger partial charge >= 0.3 is 5.97 Å². The number of hydrogen-bond acceptors (Lipinski definition) is 13. The maximum Gasteiger partial charge on any atom is 0.353 e. The Morgan fingerprint density at radius 2 is 1.91 bits per heavy atom. The molecule has 0 unspecified atom stereocenters. The van der Waals surface area contributed by atoms with E-state index in [0.717, 1.165) is 11.3 Å². The molecule has 5 amide bonds. The number of oxime groups is 1. The van der Waals surface area contributed by atoms with E-state index >= 15 is 0 Å². The number of anilines is 1. The van der Waals surface area contributed by atoms with E-state index in [-0.39, 0.29) is 29.0 Å². The minimum absolute atomic E-state index is 0.0398. The Bertz CT molecular complexity index is 1510. The molecule has 1 aliphatic rings. The third kappa shape index (κ3) is 8.67. The second-order valence-corrected chi connectivity index (χ2v) is 10.5. The predicted octanol–water partition coefficient (Wildman–Crippen LogP) is -0.944. The number of non-ortho nitro benzene ring substituents is 1. The number of primary amides is 1. The van der Waals surface area contributed by atoms with Gasteiger partial charge in [-0.2, -0.15) is 0 Å². The number of nitrogens with zero attached hydrogens (tertiary/aromatic N) is 3. The third-order valence-electron chi connectivity index (χ3n) is 5.62. The Balaban J connectivity index is 1.78. The number of ether oxygens (including phenoxy) is 1. The van der Waals surface area contributed by atoms with E-state index in [9.17, 15) is 38.9 Å². The molecule has 2 aromatic rings. The van der Waals surface area contributed by atoms with Crippen LogP contribution in [0, 0.1) is 10.1 Å². The monoisotopic (exact) mass is 652 g/mol. The van der Waals surface area contributed by atoms with E-state index in [1.165, 1.54) is 43.5 Å². The van der Waals surface area contributed by atoms with Gasteiger partial charge in [0.05, 0.1) is 11.5 Å². The van der Waals surface area contributed by atoms with Crippen LogP contribution in [-0.2, 0) is 44.9 Å². The zero-order valence-corrected chi connectivity index (χ0v) is 24.5. The average Bonchev–Trinajstić information content (AvgIpc) is 3.43. The van der Waals surface area contributed by atoms with E-state index in [1.54, 1.807) is 0 Å². The van der Waals surface area contributed by atoms with Crippen molar-refractivity contribution in [1.29, 1.82) is 0 Å². The number of nitro benzene ring substituents is 1. The van der Waals surface area contributed by atoms with Crippen molar-refractivity contribution in [2.24, 2.45) is 10.9 Å². The number of aromatic nitrogens is 1. The van der Waals surface area contributed by atoms with Crippen LogP contribution in [0.3, 0.4) is 0 Å². The standard InChI is InChI=1S/C24H25ClN8O10S/c1-24(2,22(39)42-9-11-3-5-12(6-4-11)33(40)41)43-32-16(13-10-44-23(28-13)29-15(35)7-25)20(37)31-18-17(30-21(18)38)19(36)27-8-14(26)34/h3-6,10,17-18H,7-9H2,1-2H3,(H2,26,34)(H,27,36)(H,30,38)(H,31,37)(H,28,29,35)/b32-16-/t17-,18-/m1/s1. The van der Waals surface area contributed by atoms with Crippen LogP contribution in [0.5, 0.6) is 0 Å². The van der Waals surface area contributed by atoms with Gasteiger partial charge in [-0.25, -0.2) is 9.78 Å². The number of thiazole rings is 1. The number of β-lactam (4-membered cyclic amide) rings is 1. The highest BCUT2D eigenvalue weighted by atomic mass is 35.5. The van der Waals surface area contributed by atoms with Crippen LogP contribution in [-0.4, -0.2) is 81.2 Å². The molecule has 2 heterocycles. The lowest BCUT2D eigenvalue weighted by molar-refractivity contribution is -0.384. The molecule has 20 heteroatoms. The first-order valence-corrected chi connectivity index (χ1v) is 13.8. The third-order valence-corrected chi connectivity index (χ3v) is 6.62. The second-order valence-electron chi connectivity index (χ2n) is 9.38. The van der Waals surface area contributed by atoms with Gasteiger partial charge in [-0.1, -0.05) is 5.16 Å². The zero-order valence-electron chi connectivity index (χ0n) is 23.0. The molecular formula is C24H25ClN8O10S. The van der Waals surface area contributed by atoms with Crippen LogP contribution in [0.1, 0.15) is 25.1 Å². The summed E-state index contributed by atoms with van der Waals surface area (Å²) >= 11 is 6.40. The molecule has 0 spiro atoms. The van der Waals surface area contributed by atoms with Crippen molar-refractivity contribution in [2.45, 2.75) is 38.1 Å². The molecule has 0 radical (unpaired) electrons. The number of nitro groups is 1. The molecule has 44 heavy (non-hydrogen) atoms. The molecule has 3 rings (SSSR count). The molecular weight excluding hydrogens is 628 g/mol. The summed E-state index contributed by atoms with van der Waals surface area (Å²) in [6.45, 7) is 1.81. The predicted molar refractivity (Wildman–Crippen MR) is 152 cm³/mol. The molecule has 6 N–H and O–H groups in total. The van der Waals surface area contributed by atoms with Gasteiger partial charge in [0.1, 0.15) is 30.3 Å². The van der Waals surface area contributed by atoms with Gasteiger partial charge in [-0.15, -0.1) is 22.9 Å². The summed E-state index contributed by atoms with van der Waals surface area (Å²) in [5.41, 5.74) is 2.84. The Hall–Kier alpha value is -5.17. The maximum absolute atomic E-state index is 13.3. The van der Waals surface area contributed by atoms with E-state index in [0.29, 0.717) is 5.56 Å². The Kier molecular flexibility index (Phi) is 10.9. The molecule has 1 aromatic heterocycles. The number of alkyl halides is 1. The normalized spacial score (nSPS) is 16.1. The minimum atomic E-state index is -1.79. The summed E-state index contributed by atoms with van der Waals surface area (Å²) in [5, 5.41) is 25.2. The summed E-state index contributed by atoms with van der Waals surface area (Å²) < 4.78 is 5.23. The molecule has 0 saturated carbocycles. The number of nitrogens with two attached hydrogens (primary N) is 1. The van der Waals surface area contributed by atoms with Crippen molar-refractivity contribution in [3.05, 3.63) is 51.0 Å². The minimum Gasteiger partial charge on any atom is -0.458 e. The maximum atomic E-state index is 13.3. The number of carbonyl (C=O) groups excluding carboxylic acids is 6. The van der Waals surface area contributed by atoms with Gasteiger partial charge in [0.2, 0.25) is 29.2 Å². The van der Waals surface area contributed by atoms with Crippen molar-refractivity contribution in [3.8, 4) is 0 Å². The fraction of sp³-hybridized carbons (Fsp3) is 0.333. The topological polar surface area (TPSA) is 263 Å². The number of halogens is 1. The molecule has 1 aliphatic heterocycles. The number of carbonyl (C=O) groups is 6. The molecule has 1 aromatic carbocycles. The fourth-order valence-electron chi connectivity index (χ4n) is 3.27. The summed E-state index contributed by atoms with van der Waals surface area (Å²) in [5.74, 6) is -5.26. The van der Waals surface area contributed by atoms with Crippen molar-refractivity contribution >= 4 is 75.0 Å². The summed E-state index contributed by atoms with van der Waals surface area (Å²) in [7, 11) is 0. The van der Waals surface area contributed by atoms with E-state index in [2.05, 4.69) is 31.4 Å². The van der Waals surface area contributed by atoms with E-state index < -0.39 is 70.4 Å². The van der Waals surface area contributed by atoms with Crippen LogP contribution in [0.4, 0.5) is 10.8 Å². The van der Waals surface area contributed by atoms with Crippen LogP contribution >= 0.6 is 22.9 Å². The molecule has 1 saturated heterocycles. The van der Waals surface area contributed by atoms with Crippen molar-refractivity contribution in [1.82, 2.24) is 20.9 Å². The average molecular weight is 653 g/mol. The van der Waals surface area contributed by atoms with Crippen LogP contribution < -0.4 is 27.0 Å². The Morgan fingerprint density at radius 3 is 2.50 bits per heavy atom. The molecule has 2 atom stereocenters. The molecule has 234 valence electrons. The van der Waals surface area contributed by atoms with Gasteiger partial charge in [0.25, 0.3) is 11.6 Å². The van der Waals surface area contributed by atoms with Gasteiger partial charge in [0.15, 0.2) is 10.8 Å². The lowest BCUT2D eigenvalue weighted by Gasteiger charge is -2.35. The lowest BCUT2D eigenvalue weighted by Crippen LogP contribution is -2.74. The first-order chi connectivity index (χ1) is 20.7. The zero-order chi connectivity index (χ0) is 32.6. The highest BCUT2D eigenvalue weighted by Crippen LogP contribution is 2.20. The number of esters is 1. The first kappa shape index (κ1) is 33.3. The van der Waals surface area contributed by atoms with E-state index in [4.69, 9.17) is 26.9 Å². The summed E-state index contributed by atoms with van der Waals surface area (Å²) in [6, 6.07) is 2.67. The summed E-state index contributed by atoms with van der Waals surface area (Å²) in [6.07, 6.45) is 0. The van der Waals surface area contributed by atoms with Crippen molar-refractivity contribution in [3.63, 3.8) is 0 Å². The SMILES string of the molecule is CC(C)(O/N=C(\C(=O)N[C@H]1C(=O)N[C@H]1C(=O)NCC(N)=O)c1csc(NC(=O)CCl)n1)C(=O)OCc1ccc([N+](=O)[O-])cc1. The Labute approximate surface area is 256 Å². The highest BCUT2D eigenvalue weighted by Gasteiger charge is 2.46. The highest BCUT2D eigenvalue weighted by molar-refractivity contribution is 7.14. The Morgan fingerprint density at radius 1 is 1.23 bits per heavy atom. The van der Waals surface area contributed by atoms with Gasteiger partial charge in [0, 0.05) is 17.5 Å². The number of amides is 5. The van der Waals surface area contributed by atoms with E-state index in [1.807, 2.05) is 0 Å². The van der Waals surface area contributed by atoms with Crippen LogP contribution in [0.25, 0.3) is 0 Å². The van der Waals surface area contributed by atoms with Crippen molar-refractivity contribution in [2.75, 3.05) is 17.7 Å². The molecule has 1 fully saturated rings. The summed E-state index contributed by atoms with van der Waals surface area (Å²) in [4.78, 5) is 92.8. The molecule has 18 nitrogen and oxygen atoms in total. The quantitative estimate of drug-likeness (QED) is 0.0415. The van der Waals surface area contributed by atoms with Crippen LogP contribution in [0.15, 0.2) is 34.8 Å². The first-order valence-electron chi connectivity index (χ1n) is 12.4. The number of rotatable bonds is 14. The lowest BCUT2D eigenvalue weighted by atomic mass is 9.97. The smallest absolute Gasteiger partial charge is 0.353 e. The fourth-order valence-corrected chi connectivity index (χ4v) is 4.05. The second kappa shape index (κ2) is 14.3. The van der Waals surface area contributed by atoms with Gasteiger partial charge in [-0.05, 0) is 31.5 Å². The number of benzene rings is 1.